The van der Waals surface area contributed by atoms with E-state index in [2.05, 4.69) is 29.4 Å². The Morgan fingerprint density at radius 2 is 2.10 bits per heavy atom. The van der Waals surface area contributed by atoms with Gasteiger partial charge in [-0.25, -0.2) is 0 Å². The predicted molar refractivity (Wildman–Crippen MR) is 81.3 cm³/mol. The summed E-state index contributed by atoms with van der Waals surface area (Å²) in [6.07, 6.45) is 0.808. The van der Waals surface area contributed by atoms with Crippen LogP contribution in [-0.2, 0) is 6.42 Å². The number of amides is 1. The molecule has 2 rings (SSSR count). The first-order valence-electron chi connectivity index (χ1n) is 6.58. The second-order valence-corrected chi connectivity index (χ2v) is 5.61. The molecule has 1 aromatic heterocycles. The standard InChI is InChI=1S/C15H18ClN3O/c1-9(2)8-13-14(10(3)18-19-13)17-15(20)11-6-4-5-7-12(11)16/h4-7,9H,8H2,1-3H3,(H,17,20)(H,18,19). The largest absolute Gasteiger partial charge is 0.319 e. The maximum atomic E-state index is 12.3. The van der Waals surface area contributed by atoms with Crippen molar-refractivity contribution in [3.05, 3.63) is 46.2 Å². The van der Waals surface area contributed by atoms with Crippen LogP contribution in [0.4, 0.5) is 5.69 Å². The van der Waals surface area contributed by atoms with Gasteiger partial charge in [-0.15, -0.1) is 0 Å². The Kier molecular flexibility index (Phi) is 4.45. The molecule has 0 spiro atoms. The third-order valence-electron chi connectivity index (χ3n) is 2.98. The number of nitrogens with zero attached hydrogens (tertiary/aromatic N) is 1. The molecule has 0 atom stereocenters. The van der Waals surface area contributed by atoms with Gasteiger partial charge in [-0.05, 0) is 31.4 Å². The summed E-state index contributed by atoms with van der Waals surface area (Å²) in [7, 11) is 0. The van der Waals surface area contributed by atoms with Gasteiger partial charge in [0.15, 0.2) is 0 Å². The number of nitrogens with one attached hydrogen (secondary N) is 2. The van der Waals surface area contributed by atoms with E-state index in [0.29, 0.717) is 16.5 Å². The lowest BCUT2D eigenvalue weighted by atomic mass is 10.1. The number of aromatic nitrogens is 2. The minimum atomic E-state index is -0.217. The predicted octanol–water partition coefficient (Wildman–Crippen LogP) is 3.82. The molecule has 0 fully saturated rings. The molecule has 0 aliphatic heterocycles. The molecule has 2 aromatic rings. The van der Waals surface area contributed by atoms with Crippen LogP contribution in [-0.4, -0.2) is 16.1 Å². The van der Waals surface area contributed by atoms with Gasteiger partial charge in [-0.3, -0.25) is 9.89 Å². The Bertz CT molecular complexity index is 619. The normalized spacial score (nSPS) is 10.8. The smallest absolute Gasteiger partial charge is 0.257 e. The molecule has 0 radical (unpaired) electrons. The van der Waals surface area contributed by atoms with Crippen molar-refractivity contribution in [3.8, 4) is 0 Å². The van der Waals surface area contributed by atoms with Gasteiger partial charge in [0.25, 0.3) is 5.91 Å². The van der Waals surface area contributed by atoms with Crippen LogP contribution in [0.15, 0.2) is 24.3 Å². The van der Waals surface area contributed by atoms with Gasteiger partial charge < -0.3 is 5.32 Å². The van der Waals surface area contributed by atoms with Crippen molar-refractivity contribution in [2.24, 2.45) is 5.92 Å². The highest BCUT2D eigenvalue weighted by molar-refractivity contribution is 6.34. The highest BCUT2D eigenvalue weighted by Gasteiger charge is 2.16. The van der Waals surface area contributed by atoms with Crippen LogP contribution >= 0.6 is 11.6 Å². The molecule has 0 aliphatic rings. The van der Waals surface area contributed by atoms with E-state index < -0.39 is 0 Å². The van der Waals surface area contributed by atoms with E-state index in [4.69, 9.17) is 11.6 Å². The minimum Gasteiger partial charge on any atom is -0.319 e. The topological polar surface area (TPSA) is 57.8 Å². The summed E-state index contributed by atoms with van der Waals surface area (Å²) in [6.45, 7) is 6.12. The Balaban J connectivity index is 2.24. The number of hydrogen-bond acceptors (Lipinski definition) is 2. The number of aromatic amines is 1. The van der Waals surface area contributed by atoms with E-state index in [1.807, 2.05) is 6.92 Å². The second kappa shape index (κ2) is 6.09. The van der Waals surface area contributed by atoms with Crippen LogP contribution in [0.3, 0.4) is 0 Å². The summed E-state index contributed by atoms with van der Waals surface area (Å²) in [4.78, 5) is 12.3. The zero-order valence-electron chi connectivity index (χ0n) is 11.8. The average Bonchev–Trinajstić information content (AvgIpc) is 2.71. The second-order valence-electron chi connectivity index (χ2n) is 5.20. The summed E-state index contributed by atoms with van der Waals surface area (Å²) >= 11 is 6.04. The molecular formula is C15H18ClN3O. The minimum absolute atomic E-state index is 0.217. The number of aryl methyl sites for hydroxylation is 1. The number of halogens is 1. The number of anilines is 1. The van der Waals surface area contributed by atoms with Gasteiger partial charge in [0, 0.05) is 0 Å². The van der Waals surface area contributed by atoms with E-state index >= 15 is 0 Å². The number of carbonyl (C=O) groups is 1. The van der Waals surface area contributed by atoms with Crippen LogP contribution in [0.25, 0.3) is 0 Å². The molecule has 1 aromatic carbocycles. The molecule has 0 aliphatic carbocycles. The monoisotopic (exact) mass is 291 g/mol. The lowest BCUT2D eigenvalue weighted by Crippen LogP contribution is -2.14. The molecule has 106 valence electrons. The van der Waals surface area contributed by atoms with Crippen molar-refractivity contribution >= 4 is 23.2 Å². The number of H-pyrrole nitrogens is 1. The van der Waals surface area contributed by atoms with E-state index in [1.165, 1.54) is 0 Å². The fraction of sp³-hybridized carbons (Fsp3) is 0.333. The van der Waals surface area contributed by atoms with Crippen LogP contribution < -0.4 is 5.32 Å². The van der Waals surface area contributed by atoms with Crippen molar-refractivity contribution < 1.29 is 4.79 Å². The summed E-state index contributed by atoms with van der Waals surface area (Å²) in [5.41, 5.74) is 2.94. The fourth-order valence-electron chi connectivity index (χ4n) is 2.01. The Morgan fingerprint density at radius 3 is 2.75 bits per heavy atom. The van der Waals surface area contributed by atoms with Gasteiger partial charge in [-0.1, -0.05) is 37.6 Å². The first-order valence-corrected chi connectivity index (χ1v) is 6.96. The van der Waals surface area contributed by atoms with E-state index in [-0.39, 0.29) is 5.91 Å². The average molecular weight is 292 g/mol. The van der Waals surface area contributed by atoms with Crippen molar-refractivity contribution in [2.75, 3.05) is 5.32 Å². The van der Waals surface area contributed by atoms with Gasteiger partial charge >= 0.3 is 0 Å². The third kappa shape index (κ3) is 3.20. The number of rotatable bonds is 4. The van der Waals surface area contributed by atoms with Gasteiger partial charge in [-0.2, -0.15) is 5.10 Å². The van der Waals surface area contributed by atoms with E-state index in [1.54, 1.807) is 24.3 Å². The lowest BCUT2D eigenvalue weighted by Gasteiger charge is -2.09. The van der Waals surface area contributed by atoms with Crippen LogP contribution in [0.2, 0.25) is 5.02 Å². The molecule has 0 unspecified atom stereocenters. The summed E-state index contributed by atoms with van der Waals surface area (Å²) in [6, 6.07) is 6.99. The molecule has 0 saturated heterocycles. The van der Waals surface area contributed by atoms with Crippen LogP contribution in [0.1, 0.15) is 35.6 Å². The quantitative estimate of drug-likeness (QED) is 0.899. The van der Waals surface area contributed by atoms with Crippen molar-refractivity contribution in [1.29, 1.82) is 0 Å². The molecule has 2 N–H and O–H groups in total. The first kappa shape index (κ1) is 14.6. The van der Waals surface area contributed by atoms with Gasteiger partial charge in [0.2, 0.25) is 0 Å². The molecular weight excluding hydrogens is 274 g/mol. The lowest BCUT2D eigenvalue weighted by molar-refractivity contribution is 0.102. The Hall–Kier alpha value is -1.81. The highest BCUT2D eigenvalue weighted by Crippen LogP contribution is 2.23. The van der Waals surface area contributed by atoms with E-state index in [0.717, 1.165) is 23.5 Å². The molecule has 4 nitrogen and oxygen atoms in total. The number of hydrogen-bond donors (Lipinski definition) is 2. The number of carbonyl (C=O) groups excluding carboxylic acids is 1. The zero-order valence-corrected chi connectivity index (χ0v) is 12.6. The maximum absolute atomic E-state index is 12.3. The summed E-state index contributed by atoms with van der Waals surface area (Å²) < 4.78 is 0. The number of benzene rings is 1. The van der Waals surface area contributed by atoms with E-state index in [9.17, 15) is 4.79 Å². The van der Waals surface area contributed by atoms with Crippen LogP contribution in [0, 0.1) is 12.8 Å². The molecule has 20 heavy (non-hydrogen) atoms. The van der Waals surface area contributed by atoms with Crippen molar-refractivity contribution in [1.82, 2.24) is 10.2 Å². The third-order valence-corrected chi connectivity index (χ3v) is 3.31. The Labute approximate surface area is 123 Å². The molecule has 0 bridgehead atoms. The highest BCUT2D eigenvalue weighted by atomic mass is 35.5. The van der Waals surface area contributed by atoms with Gasteiger partial charge in [0.05, 0.1) is 27.7 Å². The zero-order chi connectivity index (χ0) is 14.7. The fourth-order valence-corrected chi connectivity index (χ4v) is 2.23. The summed E-state index contributed by atoms with van der Waals surface area (Å²) in [5, 5.41) is 10.5. The summed E-state index contributed by atoms with van der Waals surface area (Å²) in [5.74, 6) is 0.249. The van der Waals surface area contributed by atoms with Crippen LogP contribution in [0.5, 0.6) is 0 Å². The first-order chi connectivity index (χ1) is 9.49. The van der Waals surface area contributed by atoms with Crippen molar-refractivity contribution in [3.63, 3.8) is 0 Å². The Morgan fingerprint density at radius 1 is 1.40 bits per heavy atom. The molecule has 5 heteroatoms. The molecule has 1 amide bonds. The van der Waals surface area contributed by atoms with Gasteiger partial charge in [0.1, 0.15) is 0 Å². The van der Waals surface area contributed by atoms with Crippen molar-refractivity contribution in [2.45, 2.75) is 27.2 Å². The maximum Gasteiger partial charge on any atom is 0.257 e. The SMILES string of the molecule is Cc1[nH]nc(CC(C)C)c1NC(=O)c1ccccc1Cl. The molecule has 1 heterocycles. The molecule has 0 saturated carbocycles.